The van der Waals surface area contributed by atoms with Gasteiger partial charge in [-0.3, -0.25) is 0 Å². The number of nitrogens with two attached hydrogens (primary N) is 1. The average Bonchev–Trinajstić information content (AvgIpc) is 2.48. The average molecular weight is 153 g/mol. The van der Waals surface area contributed by atoms with E-state index in [4.69, 9.17) is 5.73 Å². The number of hydrogen-bond acceptors (Lipinski definition) is 1. The first-order valence-corrected chi connectivity index (χ1v) is 4.98. The van der Waals surface area contributed by atoms with Crippen LogP contribution in [-0.4, -0.2) is 6.54 Å². The van der Waals surface area contributed by atoms with Gasteiger partial charge in [0, 0.05) is 0 Å². The zero-order chi connectivity index (χ0) is 7.90. The van der Waals surface area contributed by atoms with E-state index in [1.165, 1.54) is 32.1 Å². The SMILES string of the molecule is CC(CN)C1CC12CCCC2. The molecule has 0 aromatic heterocycles. The molecule has 2 fully saturated rings. The van der Waals surface area contributed by atoms with Crippen molar-refractivity contribution in [1.29, 1.82) is 0 Å². The summed E-state index contributed by atoms with van der Waals surface area (Å²) in [6.45, 7) is 3.21. The Labute approximate surface area is 69.4 Å². The van der Waals surface area contributed by atoms with Crippen LogP contribution >= 0.6 is 0 Å². The van der Waals surface area contributed by atoms with Crippen molar-refractivity contribution in [3.63, 3.8) is 0 Å². The van der Waals surface area contributed by atoms with Crippen molar-refractivity contribution in [2.24, 2.45) is 23.0 Å². The van der Waals surface area contributed by atoms with Crippen LogP contribution < -0.4 is 5.73 Å². The molecule has 64 valence electrons. The molecule has 1 heteroatoms. The zero-order valence-electron chi connectivity index (χ0n) is 7.47. The molecule has 11 heavy (non-hydrogen) atoms. The molecule has 1 spiro atoms. The van der Waals surface area contributed by atoms with Gasteiger partial charge in [-0.25, -0.2) is 0 Å². The van der Waals surface area contributed by atoms with Gasteiger partial charge in [0.2, 0.25) is 0 Å². The van der Waals surface area contributed by atoms with E-state index in [2.05, 4.69) is 6.92 Å². The van der Waals surface area contributed by atoms with Crippen molar-refractivity contribution in [3.05, 3.63) is 0 Å². The minimum Gasteiger partial charge on any atom is -0.330 e. The molecule has 2 saturated carbocycles. The summed E-state index contributed by atoms with van der Waals surface area (Å²) in [5, 5.41) is 0. The molecule has 0 saturated heterocycles. The van der Waals surface area contributed by atoms with Gasteiger partial charge in [-0.1, -0.05) is 19.8 Å². The van der Waals surface area contributed by atoms with Crippen molar-refractivity contribution >= 4 is 0 Å². The fourth-order valence-electron chi connectivity index (χ4n) is 3.00. The maximum Gasteiger partial charge on any atom is -0.00486 e. The highest BCUT2D eigenvalue weighted by atomic mass is 14.7. The Morgan fingerprint density at radius 3 is 2.64 bits per heavy atom. The summed E-state index contributed by atoms with van der Waals surface area (Å²) in [6, 6.07) is 0. The highest BCUT2D eigenvalue weighted by Gasteiger charge is 2.56. The second kappa shape index (κ2) is 2.48. The Balaban J connectivity index is 1.92. The highest BCUT2D eigenvalue weighted by Crippen LogP contribution is 2.65. The topological polar surface area (TPSA) is 26.0 Å². The van der Waals surface area contributed by atoms with E-state index in [-0.39, 0.29) is 0 Å². The van der Waals surface area contributed by atoms with Gasteiger partial charge in [-0.2, -0.15) is 0 Å². The summed E-state index contributed by atoms with van der Waals surface area (Å²) in [5.74, 6) is 1.78. The Morgan fingerprint density at radius 1 is 1.45 bits per heavy atom. The van der Waals surface area contributed by atoms with Gasteiger partial charge >= 0.3 is 0 Å². The zero-order valence-corrected chi connectivity index (χ0v) is 7.47. The molecular weight excluding hydrogens is 134 g/mol. The van der Waals surface area contributed by atoms with Crippen molar-refractivity contribution in [1.82, 2.24) is 0 Å². The summed E-state index contributed by atoms with van der Waals surface area (Å²) in [7, 11) is 0. The van der Waals surface area contributed by atoms with Crippen LogP contribution in [-0.2, 0) is 0 Å². The van der Waals surface area contributed by atoms with Crippen LogP contribution in [0.2, 0.25) is 0 Å². The highest BCUT2D eigenvalue weighted by molar-refractivity contribution is 5.06. The molecule has 0 aromatic carbocycles. The van der Waals surface area contributed by atoms with Crippen LogP contribution in [0, 0.1) is 17.3 Å². The molecule has 0 bridgehead atoms. The normalized spacial score (nSPS) is 36.0. The lowest BCUT2D eigenvalue weighted by Gasteiger charge is -2.12. The minimum atomic E-state index is 0.785. The lowest BCUT2D eigenvalue weighted by molar-refractivity contribution is 0.387. The first-order chi connectivity index (χ1) is 5.28. The standard InChI is InChI=1S/C10H19N/c1-8(7-11)9-6-10(9)4-2-3-5-10/h8-9H,2-7,11H2,1H3. The van der Waals surface area contributed by atoms with E-state index in [0.29, 0.717) is 0 Å². The van der Waals surface area contributed by atoms with E-state index < -0.39 is 0 Å². The molecule has 2 N–H and O–H groups in total. The van der Waals surface area contributed by atoms with Crippen molar-refractivity contribution < 1.29 is 0 Å². The van der Waals surface area contributed by atoms with Crippen LogP contribution in [0.1, 0.15) is 39.0 Å². The third-order valence-electron chi connectivity index (χ3n) is 3.91. The van der Waals surface area contributed by atoms with Crippen LogP contribution in [0.25, 0.3) is 0 Å². The Morgan fingerprint density at radius 2 is 2.09 bits per heavy atom. The Kier molecular flexibility index (Phi) is 1.71. The van der Waals surface area contributed by atoms with Gasteiger partial charge < -0.3 is 5.73 Å². The molecule has 2 rings (SSSR count). The molecule has 0 aliphatic heterocycles. The largest absolute Gasteiger partial charge is 0.330 e. The van der Waals surface area contributed by atoms with Gasteiger partial charge in [0.1, 0.15) is 0 Å². The monoisotopic (exact) mass is 153 g/mol. The van der Waals surface area contributed by atoms with Gasteiger partial charge in [-0.15, -0.1) is 0 Å². The van der Waals surface area contributed by atoms with E-state index in [1.54, 1.807) is 0 Å². The summed E-state index contributed by atoms with van der Waals surface area (Å²) in [5.41, 5.74) is 6.47. The molecule has 0 amide bonds. The molecule has 1 nitrogen and oxygen atoms in total. The second-order valence-corrected chi connectivity index (χ2v) is 4.59. The molecule has 0 aromatic rings. The maximum absolute atomic E-state index is 5.66. The van der Waals surface area contributed by atoms with E-state index in [0.717, 1.165) is 23.8 Å². The van der Waals surface area contributed by atoms with Crippen molar-refractivity contribution in [2.45, 2.75) is 39.0 Å². The van der Waals surface area contributed by atoms with E-state index in [1.807, 2.05) is 0 Å². The van der Waals surface area contributed by atoms with Crippen LogP contribution in [0.15, 0.2) is 0 Å². The van der Waals surface area contributed by atoms with Gasteiger partial charge in [0.25, 0.3) is 0 Å². The fraction of sp³-hybridized carbons (Fsp3) is 1.00. The lowest BCUT2D eigenvalue weighted by Crippen LogP contribution is -2.15. The fourth-order valence-corrected chi connectivity index (χ4v) is 3.00. The molecule has 2 aliphatic carbocycles. The first kappa shape index (κ1) is 7.60. The van der Waals surface area contributed by atoms with Gasteiger partial charge in [0.05, 0.1) is 0 Å². The van der Waals surface area contributed by atoms with E-state index >= 15 is 0 Å². The van der Waals surface area contributed by atoms with Crippen molar-refractivity contribution in [3.8, 4) is 0 Å². The maximum atomic E-state index is 5.66. The van der Waals surface area contributed by atoms with Crippen LogP contribution in [0.3, 0.4) is 0 Å². The van der Waals surface area contributed by atoms with Gasteiger partial charge in [-0.05, 0) is 43.1 Å². The number of rotatable bonds is 2. The van der Waals surface area contributed by atoms with E-state index in [9.17, 15) is 0 Å². The quantitative estimate of drug-likeness (QED) is 0.646. The minimum absolute atomic E-state index is 0.785. The van der Waals surface area contributed by atoms with Crippen LogP contribution in [0.4, 0.5) is 0 Å². The summed E-state index contributed by atoms with van der Waals surface area (Å²) in [6.07, 6.45) is 7.46. The van der Waals surface area contributed by atoms with Crippen molar-refractivity contribution in [2.75, 3.05) is 6.54 Å². The predicted octanol–water partition coefficient (Wildman–Crippen LogP) is 2.16. The Bertz CT molecular complexity index is 147. The summed E-state index contributed by atoms with van der Waals surface area (Å²) in [4.78, 5) is 0. The smallest absolute Gasteiger partial charge is 0.00486 e. The Hall–Kier alpha value is -0.0400. The lowest BCUT2D eigenvalue weighted by atomic mass is 9.95. The second-order valence-electron chi connectivity index (χ2n) is 4.59. The molecular formula is C10H19N. The summed E-state index contributed by atoms with van der Waals surface area (Å²) >= 11 is 0. The predicted molar refractivity (Wildman–Crippen MR) is 47.2 cm³/mol. The molecule has 0 radical (unpaired) electrons. The third-order valence-corrected chi connectivity index (χ3v) is 3.91. The third kappa shape index (κ3) is 1.10. The number of hydrogen-bond donors (Lipinski definition) is 1. The van der Waals surface area contributed by atoms with Crippen LogP contribution in [0.5, 0.6) is 0 Å². The molecule has 0 heterocycles. The molecule has 2 atom stereocenters. The summed E-state index contributed by atoms with van der Waals surface area (Å²) < 4.78 is 0. The van der Waals surface area contributed by atoms with Gasteiger partial charge in [0.15, 0.2) is 0 Å². The molecule has 2 unspecified atom stereocenters. The molecule has 2 aliphatic rings. The first-order valence-electron chi connectivity index (χ1n) is 4.98.